The SMILES string of the molecule is CCN(CC)c1ccc(/C=C2\Oc3c(cc4c(c3C)OCN(Cc3ccco3)C4)C2=O)cc1. The summed E-state index contributed by atoms with van der Waals surface area (Å²) in [6, 6.07) is 14.0. The van der Waals surface area contributed by atoms with Gasteiger partial charge in [0.1, 0.15) is 24.0 Å². The summed E-state index contributed by atoms with van der Waals surface area (Å²) >= 11 is 0. The average molecular weight is 445 g/mol. The van der Waals surface area contributed by atoms with Gasteiger partial charge in [-0.3, -0.25) is 9.69 Å². The van der Waals surface area contributed by atoms with Crippen LogP contribution >= 0.6 is 0 Å². The smallest absolute Gasteiger partial charge is 0.231 e. The number of ketones is 1. The van der Waals surface area contributed by atoms with E-state index in [1.165, 1.54) is 5.69 Å². The number of benzene rings is 2. The summed E-state index contributed by atoms with van der Waals surface area (Å²) in [7, 11) is 0. The molecule has 6 nitrogen and oxygen atoms in total. The van der Waals surface area contributed by atoms with Gasteiger partial charge < -0.3 is 18.8 Å². The fourth-order valence-electron chi connectivity index (χ4n) is 4.54. The molecular formula is C27H28N2O4. The third-order valence-corrected chi connectivity index (χ3v) is 6.28. The Bertz CT molecular complexity index is 1190. The maximum Gasteiger partial charge on any atom is 0.231 e. The van der Waals surface area contributed by atoms with Crippen LogP contribution in [0.5, 0.6) is 11.5 Å². The van der Waals surface area contributed by atoms with Crippen molar-refractivity contribution in [3.8, 4) is 11.5 Å². The standard InChI is InChI=1S/C27H28N2O4/c1-4-29(5-2)21-10-8-19(9-11-21)13-24-25(30)23-14-20-15-28(16-22-7-6-12-31-22)17-32-26(20)18(3)27(23)33-24/h6-14H,4-5,15-17H2,1-3H3/b24-13-. The van der Waals surface area contributed by atoms with Gasteiger partial charge in [0.15, 0.2) is 5.76 Å². The molecule has 1 aromatic heterocycles. The van der Waals surface area contributed by atoms with Crippen LogP contribution in [0.15, 0.2) is 58.9 Å². The fourth-order valence-corrected chi connectivity index (χ4v) is 4.54. The molecule has 6 heteroatoms. The lowest BCUT2D eigenvalue weighted by atomic mass is 10.00. The van der Waals surface area contributed by atoms with E-state index in [9.17, 15) is 4.79 Å². The Labute approximate surface area is 194 Å². The minimum atomic E-state index is -0.0909. The minimum absolute atomic E-state index is 0.0909. The topological polar surface area (TPSA) is 55.2 Å². The van der Waals surface area contributed by atoms with E-state index in [0.29, 0.717) is 36.9 Å². The Kier molecular flexibility index (Phi) is 5.68. The molecule has 170 valence electrons. The molecule has 0 radical (unpaired) electrons. The molecule has 0 aliphatic carbocycles. The number of fused-ring (bicyclic) bond motifs is 2. The molecule has 0 atom stereocenters. The van der Waals surface area contributed by atoms with Gasteiger partial charge in [-0.25, -0.2) is 0 Å². The van der Waals surface area contributed by atoms with Crippen LogP contribution in [0, 0.1) is 6.92 Å². The first-order chi connectivity index (χ1) is 16.1. The molecule has 0 unspecified atom stereocenters. The van der Waals surface area contributed by atoms with Crippen molar-refractivity contribution in [1.82, 2.24) is 4.90 Å². The molecule has 3 aromatic rings. The van der Waals surface area contributed by atoms with Crippen molar-refractivity contribution in [3.63, 3.8) is 0 Å². The maximum atomic E-state index is 13.2. The lowest BCUT2D eigenvalue weighted by Gasteiger charge is -2.29. The van der Waals surface area contributed by atoms with Crippen LogP contribution in [0.1, 0.15) is 46.7 Å². The van der Waals surface area contributed by atoms with E-state index in [1.807, 2.05) is 43.3 Å². The van der Waals surface area contributed by atoms with E-state index in [1.54, 1.807) is 6.26 Å². The maximum absolute atomic E-state index is 13.2. The van der Waals surface area contributed by atoms with Gasteiger partial charge in [-0.1, -0.05) is 12.1 Å². The van der Waals surface area contributed by atoms with E-state index in [4.69, 9.17) is 13.9 Å². The zero-order valence-corrected chi connectivity index (χ0v) is 19.3. The summed E-state index contributed by atoms with van der Waals surface area (Å²) in [6.45, 7) is 9.95. The Morgan fingerprint density at radius 1 is 1.09 bits per heavy atom. The number of carbonyl (C=O) groups excluding carboxylic acids is 1. The second-order valence-electron chi connectivity index (χ2n) is 8.41. The highest BCUT2D eigenvalue weighted by Gasteiger charge is 2.33. The van der Waals surface area contributed by atoms with Crippen molar-refractivity contribution in [2.75, 3.05) is 24.7 Å². The van der Waals surface area contributed by atoms with Crippen molar-refractivity contribution in [2.45, 2.75) is 33.9 Å². The lowest BCUT2D eigenvalue weighted by Crippen LogP contribution is -2.31. The van der Waals surface area contributed by atoms with Crippen molar-refractivity contribution in [2.24, 2.45) is 0 Å². The predicted molar refractivity (Wildman–Crippen MR) is 128 cm³/mol. The van der Waals surface area contributed by atoms with Crippen LogP contribution in [-0.4, -0.2) is 30.5 Å². The van der Waals surface area contributed by atoms with Crippen LogP contribution < -0.4 is 14.4 Å². The molecular weight excluding hydrogens is 416 g/mol. The molecule has 5 rings (SSSR count). The van der Waals surface area contributed by atoms with Crippen molar-refractivity contribution in [3.05, 3.63) is 82.5 Å². The molecule has 0 bridgehead atoms. The van der Waals surface area contributed by atoms with Crippen LogP contribution in [0.4, 0.5) is 5.69 Å². The quantitative estimate of drug-likeness (QED) is 0.475. The van der Waals surface area contributed by atoms with Gasteiger partial charge in [-0.15, -0.1) is 0 Å². The van der Waals surface area contributed by atoms with Crippen LogP contribution in [0.2, 0.25) is 0 Å². The van der Waals surface area contributed by atoms with Crippen molar-refractivity contribution < 1.29 is 18.7 Å². The number of anilines is 1. The number of ether oxygens (including phenoxy) is 2. The first-order valence-corrected chi connectivity index (χ1v) is 11.4. The molecule has 2 aliphatic heterocycles. The van der Waals surface area contributed by atoms with Gasteiger partial charge in [-0.2, -0.15) is 0 Å². The third-order valence-electron chi connectivity index (χ3n) is 6.28. The number of hydrogen-bond acceptors (Lipinski definition) is 6. The number of nitrogens with zero attached hydrogens (tertiary/aromatic N) is 2. The molecule has 33 heavy (non-hydrogen) atoms. The highest BCUT2D eigenvalue weighted by Crippen LogP contribution is 2.43. The zero-order chi connectivity index (χ0) is 22.9. The van der Waals surface area contributed by atoms with Gasteiger partial charge in [0.2, 0.25) is 5.78 Å². The summed E-state index contributed by atoms with van der Waals surface area (Å²) < 4.78 is 17.6. The first kappa shape index (κ1) is 21.3. The molecule has 3 heterocycles. The Morgan fingerprint density at radius 3 is 2.58 bits per heavy atom. The molecule has 0 N–H and O–H groups in total. The van der Waals surface area contributed by atoms with E-state index in [-0.39, 0.29) is 5.78 Å². The molecule has 0 saturated carbocycles. The normalized spacial score (nSPS) is 16.3. The number of allylic oxidation sites excluding steroid dienone is 1. The summed E-state index contributed by atoms with van der Waals surface area (Å²) in [5, 5.41) is 0. The molecule has 0 spiro atoms. The van der Waals surface area contributed by atoms with Crippen LogP contribution in [0.25, 0.3) is 6.08 Å². The van der Waals surface area contributed by atoms with E-state index >= 15 is 0 Å². The highest BCUT2D eigenvalue weighted by molar-refractivity contribution is 6.15. The minimum Gasteiger partial charge on any atom is -0.477 e. The summed E-state index contributed by atoms with van der Waals surface area (Å²) in [4.78, 5) is 17.6. The summed E-state index contributed by atoms with van der Waals surface area (Å²) in [5.74, 6) is 2.55. The van der Waals surface area contributed by atoms with E-state index in [2.05, 4.69) is 35.8 Å². The molecule has 0 amide bonds. The third kappa shape index (κ3) is 4.02. The molecule has 0 fully saturated rings. The second-order valence-corrected chi connectivity index (χ2v) is 8.41. The Hall–Kier alpha value is -3.51. The monoisotopic (exact) mass is 444 g/mol. The number of carbonyl (C=O) groups is 1. The predicted octanol–water partition coefficient (Wildman–Crippen LogP) is 5.40. The van der Waals surface area contributed by atoms with Gasteiger partial charge >= 0.3 is 0 Å². The van der Waals surface area contributed by atoms with Crippen LogP contribution in [0.3, 0.4) is 0 Å². The zero-order valence-electron chi connectivity index (χ0n) is 19.3. The van der Waals surface area contributed by atoms with E-state index < -0.39 is 0 Å². The van der Waals surface area contributed by atoms with E-state index in [0.717, 1.165) is 41.3 Å². The number of rotatable bonds is 6. The van der Waals surface area contributed by atoms with Crippen LogP contribution in [-0.2, 0) is 13.1 Å². The van der Waals surface area contributed by atoms with Gasteiger partial charge in [0.25, 0.3) is 0 Å². The molecule has 2 aliphatic rings. The summed E-state index contributed by atoms with van der Waals surface area (Å²) in [5.41, 5.74) is 4.56. The average Bonchev–Trinajstić information content (AvgIpc) is 3.44. The van der Waals surface area contributed by atoms with Gasteiger partial charge in [0.05, 0.1) is 18.4 Å². The Morgan fingerprint density at radius 2 is 1.88 bits per heavy atom. The van der Waals surface area contributed by atoms with Crippen molar-refractivity contribution in [1.29, 1.82) is 0 Å². The van der Waals surface area contributed by atoms with Gasteiger partial charge in [0, 0.05) is 36.4 Å². The molecule has 0 saturated heterocycles. The first-order valence-electron chi connectivity index (χ1n) is 11.4. The Balaban J connectivity index is 1.38. The molecule has 2 aromatic carbocycles. The largest absolute Gasteiger partial charge is 0.477 e. The number of furan rings is 1. The number of hydrogen-bond donors (Lipinski definition) is 0. The highest BCUT2D eigenvalue weighted by atomic mass is 16.5. The summed E-state index contributed by atoms with van der Waals surface area (Å²) in [6.07, 6.45) is 3.49. The lowest BCUT2D eigenvalue weighted by molar-refractivity contribution is 0.0813. The fraction of sp³-hybridized carbons (Fsp3) is 0.296. The number of Topliss-reactive ketones (excluding diaryl/α,β-unsaturated/α-hetero) is 1. The van der Waals surface area contributed by atoms with Crippen molar-refractivity contribution >= 4 is 17.5 Å². The second kappa shape index (κ2) is 8.79. The van der Waals surface area contributed by atoms with Gasteiger partial charge in [-0.05, 0) is 62.7 Å².